The van der Waals surface area contributed by atoms with Crippen molar-refractivity contribution in [3.63, 3.8) is 0 Å². The van der Waals surface area contributed by atoms with Gasteiger partial charge >= 0.3 is 24.1 Å². The Bertz CT molecular complexity index is 1860. The van der Waals surface area contributed by atoms with Crippen molar-refractivity contribution in [2.24, 2.45) is 10.8 Å². The lowest BCUT2D eigenvalue weighted by Crippen LogP contribution is -2.46. The SMILES string of the molecule is CC(C)(C)OC(=O)N1C(=O)C2(CC2)C[C@H]1C(=O)OCc1ccccc1.CC(C)(C)OC(=O)N[C@@H](CC1(C(=O)C=S(C)(C)=O)CC1)C(=O)OCc1ccccc1. The molecule has 2 saturated carbocycles. The third kappa shape index (κ3) is 12.9. The van der Waals surface area contributed by atoms with Crippen molar-refractivity contribution in [3.8, 4) is 0 Å². The van der Waals surface area contributed by atoms with Crippen LogP contribution in [0, 0.1) is 10.8 Å². The molecule has 1 spiro atoms. The molecule has 300 valence electrons. The molecular weight excluding hydrogens is 729 g/mol. The summed E-state index contributed by atoms with van der Waals surface area (Å²) in [6.45, 7) is 10.5. The highest BCUT2D eigenvalue weighted by molar-refractivity contribution is 8.01. The van der Waals surface area contributed by atoms with Crippen LogP contribution in [-0.4, -0.2) is 86.1 Å². The number of ether oxygens (including phenoxy) is 4. The standard InChI is InChI=1S/C22H31NO6S.C19H23NO5/c1-21(2,3)29-20(26)23-17(19(25)28-14-16-9-7-6-8-10-16)13-22(11-12-22)18(24)15-30(4,5)27;1-18(2,3)25-17(23)20-14(11-19(9-10-19)16(20)22)15(21)24-12-13-7-5-4-6-8-13/h6-10,15,17H,11-14H2,1-5H3,(H,23,26);4-8,14H,9-12H2,1-3H3/t17-;14-/m00/s1. The van der Waals surface area contributed by atoms with E-state index < -0.39 is 67.8 Å². The summed E-state index contributed by atoms with van der Waals surface area (Å²) >= 11 is 0. The van der Waals surface area contributed by atoms with E-state index in [-0.39, 0.29) is 31.3 Å². The monoisotopic (exact) mass is 782 g/mol. The number of amides is 3. The molecule has 2 aromatic rings. The Morgan fingerprint density at radius 3 is 1.78 bits per heavy atom. The Hall–Kier alpha value is -4.72. The van der Waals surface area contributed by atoms with Gasteiger partial charge in [-0.15, -0.1) is 0 Å². The molecule has 0 unspecified atom stereocenters. The van der Waals surface area contributed by atoms with Crippen molar-refractivity contribution in [1.82, 2.24) is 10.2 Å². The normalized spacial score (nSPS) is 18.5. The second-order valence-corrected chi connectivity index (χ2v) is 19.7. The van der Waals surface area contributed by atoms with E-state index >= 15 is 0 Å². The summed E-state index contributed by atoms with van der Waals surface area (Å²) in [5, 5.41) is 3.79. The minimum absolute atomic E-state index is 0.0526. The van der Waals surface area contributed by atoms with Gasteiger partial charge in [0.1, 0.15) is 36.5 Å². The van der Waals surface area contributed by atoms with Crippen molar-refractivity contribution in [2.75, 3.05) is 12.5 Å². The van der Waals surface area contributed by atoms with Crippen LogP contribution in [0.25, 0.3) is 0 Å². The maximum atomic E-state index is 12.8. The molecular formula is C41H54N2O11S. The zero-order valence-corrected chi connectivity index (χ0v) is 33.8. The van der Waals surface area contributed by atoms with Crippen LogP contribution in [0.2, 0.25) is 0 Å². The van der Waals surface area contributed by atoms with Crippen molar-refractivity contribution in [3.05, 3.63) is 71.8 Å². The van der Waals surface area contributed by atoms with E-state index in [2.05, 4.69) is 5.32 Å². The lowest BCUT2D eigenvalue weighted by Gasteiger charge is -2.26. The van der Waals surface area contributed by atoms with E-state index in [0.29, 0.717) is 32.1 Å². The number of likely N-dealkylation sites (tertiary alicyclic amines) is 1. The van der Waals surface area contributed by atoms with E-state index in [0.717, 1.165) is 16.0 Å². The summed E-state index contributed by atoms with van der Waals surface area (Å²) < 4.78 is 33.3. The van der Waals surface area contributed by atoms with Crippen molar-refractivity contribution < 1.29 is 51.9 Å². The van der Waals surface area contributed by atoms with Gasteiger partial charge in [0.05, 0.1) is 5.41 Å². The summed E-state index contributed by atoms with van der Waals surface area (Å²) in [6.07, 6.45) is 4.38. The molecule has 1 N–H and O–H groups in total. The summed E-state index contributed by atoms with van der Waals surface area (Å²) in [5.74, 6) is -1.78. The minimum Gasteiger partial charge on any atom is -0.459 e. The molecule has 1 aliphatic heterocycles. The molecule has 5 rings (SSSR count). The first kappa shape index (κ1) is 43.0. The Kier molecular flexibility index (Phi) is 13.3. The molecule has 0 aromatic heterocycles. The minimum atomic E-state index is -2.37. The maximum Gasteiger partial charge on any atom is 0.417 e. The van der Waals surface area contributed by atoms with E-state index in [1.54, 1.807) is 41.5 Å². The van der Waals surface area contributed by atoms with E-state index in [1.165, 1.54) is 17.9 Å². The van der Waals surface area contributed by atoms with Gasteiger partial charge < -0.3 is 24.3 Å². The summed E-state index contributed by atoms with van der Waals surface area (Å²) in [7, 11) is -2.37. The van der Waals surface area contributed by atoms with Gasteiger partial charge in [0.15, 0.2) is 5.78 Å². The van der Waals surface area contributed by atoms with Gasteiger partial charge in [0.25, 0.3) is 0 Å². The number of alkyl carbamates (subject to hydrolysis) is 1. The maximum absolute atomic E-state index is 12.8. The van der Waals surface area contributed by atoms with E-state index in [9.17, 15) is 33.0 Å². The summed E-state index contributed by atoms with van der Waals surface area (Å²) in [5.41, 5.74) is -1.20. The quantitative estimate of drug-likeness (QED) is 0.167. The summed E-state index contributed by atoms with van der Waals surface area (Å²) in [4.78, 5) is 76.3. The third-order valence-corrected chi connectivity index (χ3v) is 9.85. The van der Waals surface area contributed by atoms with E-state index in [4.69, 9.17) is 18.9 Å². The largest absolute Gasteiger partial charge is 0.459 e. The predicted octanol–water partition coefficient (Wildman–Crippen LogP) is 5.75. The Balaban J connectivity index is 0.000000248. The average Bonchev–Trinajstić information content (AvgIpc) is 4.00. The first-order chi connectivity index (χ1) is 25.5. The number of benzene rings is 2. The second kappa shape index (κ2) is 17.0. The Morgan fingerprint density at radius 1 is 0.818 bits per heavy atom. The van der Waals surface area contributed by atoms with Gasteiger partial charge in [0, 0.05) is 23.3 Å². The Labute approximate surface area is 323 Å². The van der Waals surface area contributed by atoms with Gasteiger partial charge in [-0.25, -0.2) is 24.1 Å². The lowest BCUT2D eigenvalue weighted by atomic mass is 9.93. The molecule has 0 radical (unpaired) electrons. The van der Waals surface area contributed by atoms with Crippen molar-refractivity contribution in [1.29, 1.82) is 0 Å². The average molecular weight is 783 g/mol. The van der Waals surface area contributed by atoms with Crippen LogP contribution in [0.4, 0.5) is 9.59 Å². The highest BCUT2D eigenvalue weighted by Crippen LogP contribution is 2.56. The Morgan fingerprint density at radius 2 is 1.33 bits per heavy atom. The number of nitrogens with zero attached hydrogens (tertiary/aromatic N) is 1. The zero-order valence-electron chi connectivity index (χ0n) is 33.0. The number of carbonyl (C=O) groups is 6. The first-order valence-corrected chi connectivity index (χ1v) is 20.8. The molecule has 14 heteroatoms. The van der Waals surface area contributed by atoms with Crippen LogP contribution in [0.3, 0.4) is 0 Å². The van der Waals surface area contributed by atoms with E-state index in [1.807, 2.05) is 60.7 Å². The van der Waals surface area contributed by atoms with Crippen LogP contribution in [-0.2, 0) is 60.9 Å². The molecule has 2 aliphatic carbocycles. The van der Waals surface area contributed by atoms with Crippen LogP contribution in [0.15, 0.2) is 60.7 Å². The topological polar surface area (TPSA) is 172 Å². The summed E-state index contributed by atoms with van der Waals surface area (Å²) in [6, 6.07) is 16.5. The molecule has 55 heavy (non-hydrogen) atoms. The zero-order chi connectivity index (χ0) is 40.8. The van der Waals surface area contributed by atoms with Crippen LogP contribution < -0.4 is 5.32 Å². The number of hydrogen-bond donors (Lipinski definition) is 1. The number of nitrogens with one attached hydrogen (secondary N) is 1. The number of carbonyl (C=O) groups excluding carboxylic acids is 6. The van der Waals surface area contributed by atoms with Crippen molar-refractivity contribution in [2.45, 2.75) is 117 Å². The number of imide groups is 1. The third-order valence-electron chi connectivity index (χ3n) is 9.07. The number of Topliss-reactive ketones (excluding diaryl/α,β-unsaturated/α-hetero) is 1. The molecule has 3 fully saturated rings. The lowest BCUT2D eigenvalue weighted by molar-refractivity contribution is -0.152. The van der Waals surface area contributed by atoms with Gasteiger partial charge in [0.2, 0.25) is 5.91 Å². The number of esters is 2. The first-order valence-electron chi connectivity index (χ1n) is 18.3. The van der Waals surface area contributed by atoms with Gasteiger partial charge in [-0.2, -0.15) is 0 Å². The van der Waals surface area contributed by atoms with Crippen molar-refractivity contribution >= 4 is 50.7 Å². The number of hydrogen-bond acceptors (Lipinski definition) is 11. The van der Waals surface area contributed by atoms with Crippen LogP contribution in [0.1, 0.15) is 91.2 Å². The van der Waals surface area contributed by atoms with Crippen LogP contribution >= 0.6 is 0 Å². The molecule has 3 aliphatic rings. The smallest absolute Gasteiger partial charge is 0.417 e. The predicted molar refractivity (Wildman–Crippen MR) is 206 cm³/mol. The second-order valence-electron chi connectivity index (χ2n) is 16.8. The fourth-order valence-corrected chi connectivity index (χ4v) is 6.76. The number of rotatable bonds is 11. The fourth-order valence-electron chi connectivity index (χ4n) is 6.00. The molecule has 0 bridgehead atoms. The molecule has 1 heterocycles. The van der Waals surface area contributed by atoms with Gasteiger partial charge in [-0.3, -0.25) is 13.8 Å². The molecule has 13 nitrogen and oxygen atoms in total. The van der Waals surface area contributed by atoms with Gasteiger partial charge in [-0.05, 0) is 101 Å². The van der Waals surface area contributed by atoms with Crippen LogP contribution in [0.5, 0.6) is 0 Å². The highest BCUT2D eigenvalue weighted by Gasteiger charge is 2.63. The highest BCUT2D eigenvalue weighted by atomic mass is 32.2. The molecule has 2 aromatic carbocycles. The molecule has 2 atom stereocenters. The fraction of sp³-hybridized carbons (Fsp3) is 0.537. The van der Waals surface area contributed by atoms with Gasteiger partial charge in [-0.1, -0.05) is 60.7 Å². The molecule has 1 saturated heterocycles. The number of ketones is 1. The molecule has 3 amide bonds.